The fraction of sp³-hybridized carbons (Fsp3) is 0.400. The highest BCUT2D eigenvalue weighted by molar-refractivity contribution is 5.71. The van der Waals surface area contributed by atoms with Crippen LogP contribution in [-0.2, 0) is 6.54 Å². The molecular formula is C15H16F3N3. The topological polar surface area (TPSA) is 43.8 Å². The maximum atomic E-state index is 13.4. The number of halogens is 3. The zero-order valence-corrected chi connectivity index (χ0v) is 11.7. The van der Waals surface area contributed by atoms with E-state index in [1.807, 2.05) is 11.5 Å². The van der Waals surface area contributed by atoms with Crippen molar-refractivity contribution in [3.8, 4) is 11.3 Å². The minimum atomic E-state index is -1.48. The summed E-state index contributed by atoms with van der Waals surface area (Å²) in [6.45, 7) is 2.73. The lowest BCUT2D eigenvalue weighted by Crippen LogP contribution is -2.06. The maximum absolute atomic E-state index is 13.4. The summed E-state index contributed by atoms with van der Waals surface area (Å²) in [5, 5.41) is 0. The van der Waals surface area contributed by atoms with E-state index in [1.165, 1.54) is 0 Å². The molecule has 1 aliphatic rings. The number of imidazole rings is 1. The second-order valence-corrected chi connectivity index (χ2v) is 5.38. The van der Waals surface area contributed by atoms with Gasteiger partial charge in [0, 0.05) is 18.0 Å². The Hall–Kier alpha value is -1.98. The molecule has 1 aromatic carbocycles. The van der Waals surface area contributed by atoms with Gasteiger partial charge in [-0.25, -0.2) is 18.2 Å². The Morgan fingerprint density at radius 1 is 1.24 bits per heavy atom. The van der Waals surface area contributed by atoms with Crippen molar-refractivity contribution in [1.29, 1.82) is 0 Å². The third-order valence-electron chi connectivity index (χ3n) is 3.68. The van der Waals surface area contributed by atoms with Crippen molar-refractivity contribution in [2.45, 2.75) is 38.6 Å². The number of nitrogens with two attached hydrogens (primary N) is 1. The van der Waals surface area contributed by atoms with Crippen LogP contribution in [0.3, 0.4) is 0 Å². The van der Waals surface area contributed by atoms with Gasteiger partial charge in [0.25, 0.3) is 0 Å². The van der Waals surface area contributed by atoms with E-state index in [9.17, 15) is 13.2 Å². The summed E-state index contributed by atoms with van der Waals surface area (Å²) < 4.78 is 41.7. The number of hydrogen-bond acceptors (Lipinski definition) is 2. The van der Waals surface area contributed by atoms with Gasteiger partial charge in [-0.3, -0.25) is 0 Å². The van der Waals surface area contributed by atoms with Crippen LogP contribution in [-0.4, -0.2) is 9.55 Å². The number of nitrogens with zero attached hydrogens (tertiary/aromatic N) is 2. The van der Waals surface area contributed by atoms with Crippen LogP contribution in [0, 0.1) is 17.5 Å². The van der Waals surface area contributed by atoms with Gasteiger partial charge in [-0.05, 0) is 31.4 Å². The molecule has 0 atom stereocenters. The van der Waals surface area contributed by atoms with Crippen molar-refractivity contribution in [1.82, 2.24) is 9.55 Å². The molecule has 0 radical (unpaired) electrons. The lowest BCUT2D eigenvalue weighted by Gasteiger charge is -2.07. The lowest BCUT2D eigenvalue weighted by atomic mass is 10.1. The highest BCUT2D eigenvalue weighted by Crippen LogP contribution is 2.42. The largest absolute Gasteiger partial charge is 0.383 e. The molecular weight excluding hydrogens is 279 g/mol. The van der Waals surface area contributed by atoms with Crippen LogP contribution in [0.25, 0.3) is 11.3 Å². The Morgan fingerprint density at radius 2 is 1.86 bits per heavy atom. The molecule has 3 rings (SSSR count). The average Bonchev–Trinajstić information content (AvgIpc) is 3.23. The number of benzene rings is 1. The van der Waals surface area contributed by atoms with Gasteiger partial charge in [0.15, 0.2) is 17.5 Å². The normalized spacial score (nSPS) is 14.7. The first-order valence-corrected chi connectivity index (χ1v) is 7.03. The van der Waals surface area contributed by atoms with Crippen LogP contribution in [0.4, 0.5) is 19.0 Å². The quantitative estimate of drug-likeness (QED) is 0.871. The second kappa shape index (κ2) is 5.09. The molecule has 1 heterocycles. The van der Waals surface area contributed by atoms with E-state index < -0.39 is 17.5 Å². The van der Waals surface area contributed by atoms with Gasteiger partial charge < -0.3 is 10.3 Å². The minimum Gasteiger partial charge on any atom is -0.383 e. The number of nitrogen functional groups attached to an aromatic ring is 1. The molecule has 2 aromatic rings. The smallest absolute Gasteiger partial charge is 0.194 e. The SMILES string of the molecule is CCCn1c(C2CC2)nc(-c2cc(F)c(F)c(F)c2)c1N. The van der Waals surface area contributed by atoms with Crippen LogP contribution in [0.15, 0.2) is 12.1 Å². The minimum absolute atomic E-state index is 0.167. The van der Waals surface area contributed by atoms with E-state index >= 15 is 0 Å². The highest BCUT2D eigenvalue weighted by atomic mass is 19.2. The first-order valence-electron chi connectivity index (χ1n) is 7.03. The molecule has 0 bridgehead atoms. The van der Waals surface area contributed by atoms with Gasteiger partial charge >= 0.3 is 0 Å². The molecule has 2 N–H and O–H groups in total. The van der Waals surface area contributed by atoms with Gasteiger partial charge in [-0.1, -0.05) is 6.92 Å². The van der Waals surface area contributed by atoms with E-state index in [1.54, 1.807) is 0 Å². The van der Waals surface area contributed by atoms with Crippen molar-refractivity contribution in [3.63, 3.8) is 0 Å². The van der Waals surface area contributed by atoms with Crippen molar-refractivity contribution < 1.29 is 13.2 Å². The van der Waals surface area contributed by atoms with Crippen molar-refractivity contribution in [2.24, 2.45) is 0 Å². The third kappa shape index (κ3) is 2.39. The Balaban J connectivity index is 2.12. The fourth-order valence-corrected chi connectivity index (χ4v) is 2.50. The molecule has 0 spiro atoms. The van der Waals surface area contributed by atoms with Crippen LogP contribution in [0.2, 0.25) is 0 Å². The summed E-state index contributed by atoms with van der Waals surface area (Å²) in [6, 6.07) is 1.87. The molecule has 1 saturated carbocycles. The monoisotopic (exact) mass is 295 g/mol. The molecule has 0 saturated heterocycles. The van der Waals surface area contributed by atoms with E-state index in [2.05, 4.69) is 4.98 Å². The van der Waals surface area contributed by atoms with E-state index in [0.717, 1.165) is 37.2 Å². The fourth-order valence-electron chi connectivity index (χ4n) is 2.50. The third-order valence-corrected chi connectivity index (χ3v) is 3.68. The van der Waals surface area contributed by atoms with Crippen molar-refractivity contribution in [3.05, 3.63) is 35.4 Å². The molecule has 112 valence electrons. The molecule has 21 heavy (non-hydrogen) atoms. The van der Waals surface area contributed by atoms with Gasteiger partial charge in [0.2, 0.25) is 0 Å². The molecule has 0 amide bonds. The highest BCUT2D eigenvalue weighted by Gasteiger charge is 2.31. The number of rotatable bonds is 4. The zero-order chi connectivity index (χ0) is 15.1. The molecule has 0 unspecified atom stereocenters. The standard InChI is InChI=1S/C15H16F3N3/c1-2-5-21-14(19)13(20-15(21)8-3-4-8)9-6-10(16)12(18)11(17)7-9/h6-8H,2-5,19H2,1H3. The maximum Gasteiger partial charge on any atom is 0.194 e. The summed E-state index contributed by atoms with van der Waals surface area (Å²) in [6.07, 6.45) is 2.98. The van der Waals surface area contributed by atoms with E-state index in [-0.39, 0.29) is 5.56 Å². The summed E-state index contributed by atoms with van der Waals surface area (Å²) >= 11 is 0. The summed E-state index contributed by atoms with van der Waals surface area (Å²) in [4.78, 5) is 4.45. The predicted octanol–water partition coefficient (Wildman–Crippen LogP) is 3.84. The first kappa shape index (κ1) is 14.0. The van der Waals surface area contributed by atoms with Gasteiger partial charge in [0.05, 0.1) is 0 Å². The Kier molecular flexibility index (Phi) is 3.39. The van der Waals surface area contributed by atoms with Gasteiger partial charge in [-0.15, -0.1) is 0 Å². The summed E-state index contributed by atoms with van der Waals surface area (Å²) in [5.41, 5.74) is 6.58. The van der Waals surface area contributed by atoms with Crippen molar-refractivity contribution >= 4 is 5.82 Å². The Labute approximate surface area is 120 Å². The van der Waals surface area contributed by atoms with Gasteiger partial charge in [0.1, 0.15) is 17.3 Å². The van der Waals surface area contributed by atoms with E-state index in [0.29, 0.717) is 24.0 Å². The Morgan fingerprint density at radius 3 is 2.38 bits per heavy atom. The predicted molar refractivity (Wildman–Crippen MR) is 74.2 cm³/mol. The zero-order valence-electron chi connectivity index (χ0n) is 11.7. The number of anilines is 1. The van der Waals surface area contributed by atoms with Crippen LogP contribution < -0.4 is 5.73 Å². The molecule has 1 aliphatic carbocycles. The van der Waals surface area contributed by atoms with Crippen LogP contribution in [0.5, 0.6) is 0 Å². The van der Waals surface area contributed by atoms with Crippen LogP contribution in [0.1, 0.15) is 37.9 Å². The van der Waals surface area contributed by atoms with E-state index in [4.69, 9.17) is 5.73 Å². The second-order valence-electron chi connectivity index (χ2n) is 5.38. The average molecular weight is 295 g/mol. The summed E-state index contributed by atoms with van der Waals surface area (Å²) in [7, 11) is 0. The number of aromatic nitrogens is 2. The summed E-state index contributed by atoms with van der Waals surface area (Å²) in [5.74, 6) is -2.35. The molecule has 1 aromatic heterocycles. The Bertz CT molecular complexity index is 667. The molecule has 3 nitrogen and oxygen atoms in total. The molecule has 0 aliphatic heterocycles. The first-order chi connectivity index (χ1) is 10.0. The number of hydrogen-bond donors (Lipinski definition) is 1. The molecule has 1 fully saturated rings. The van der Waals surface area contributed by atoms with Crippen molar-refractivity contribution in [2.75, 3.05) is 5.73 Å². The lowest BCUT2D eigenvalue weighted by molar-refractivity contribution is 0.447. The van der Waals surface area contributed by atoms with Crippen LogP contribution >= 0.6 is 0 Å². The molecule has 6 heteroatoms. The van der Waals surface area contributed by atoms with Gasteiger partial charge in [-0.2, -0.15) is 0 Å².